The smallest absolute Gasteiger partial charge is 0.352 e. The van der Waals surface area contributed by atoms with Crippen LogP contribution in [0.25, 0.3) is 11.0 Å². The Labute approximate surface area is 214 Å². The Morgan fingerprint density at radius 2 is 2.17 bits per heavy atom. The summed E-state index contributed by atoms with van der Waals surface area (Å²) in [5.74, 6) is -1.87. The highest BCUT2D eigenvalue weighted by molar-refractivity contribution is 8.01. The number of carbonyl (C=O) groups excluding carboxylic acids is 2. The molecule has 0 aliphatic carbocycles. The molecule has 35 heavy (non-hydrogen) atoms. The molecule has 3 N–H and O–H groups in total. The first-order valence-corrected chi connectivity index (χ1v) is 14.4. The van der Waals surface area contributed by atoms with Crippen molar-refractivity contribution in [1.29, 1.82) is 0 Å². The Hall–Kier alpha value is -2.59. The molecule has 0 spiro atoms. The molecule has 2 amide bonds. The van der Waals surface area contributed by atoms with Gasteiger partial charge in [-0.3, -0.25) is 19.5 Å². The molecule has 15 heteroatoms. The van der Waals surface area contributed by atoms with Crippen molar-refractivity contribution in [2.75, 3.05) is 17.3 Å². The summed E-state index contributed by atoms with van der Waals surface area (Å²) < 4.78 is 13.3. The molecule has 5 rings (SSSR count). The third-order valence-corrected chi connectivity index (χ3v) is 9.84. The van der Waals surface area contributed by atoms with Gasteiger partial charge in [-0.15, -0.1) is 22.0 Å². The van der Waals surface area contributed by atoms with E-state index in [2.05, 4.69) is 25.5 Å². The Morgan fingerprint density at radius 1 is 1.37 bits per heavy atom. The number of rotatable bonds is 8. The summed E-state index contributed by atoms with van der Waals surface area (Å²) >= 11 is 2.45. The van der Waals surface area contributed by atoms with Crippen molar-refractivity contribution >= 4 is 74.9 Å². The first-order valence-electron chi connectivity index (χ1n) is 10.3. The Bertz CT molecular complexity index is 1320. The van der Waals surface area contributed by atoms with E-state index < -0.39 is 40.4 Å². The molecule has 182 valence electrons. The molecule has 2 aliphatic heterocycles. The van der Waals surface area contributed by atoms with Gasteiger partial charge in [0.1, 0.15) is 22.1 Å². The van der Waals surface area contributed by atoms with E-state index in [1.54, 1.807) is 18.2 Å². The second-order valence-corrected chi connectivity index (χ2v) is 12.5. The number of β-lactam (4-membered cyclic amide) rings is 1. The van der Waals surface area contributed by atoms with Crippen LogP contribution in [0.4, 0.5) is 0 Å². The van der Waals surface area contributed by atoms with E-state index in [1.165, 1.54) is 39.8 Å². The Morgan fingerprint density at radius 3 is 2.89 bits per heavy atom. The fraction of sp³-hybridized carbons (Fsp3) is 0.300. The van der Waals surface area contributed by atoms with Gasteiger partial charge in [0.05, 0.1) is 11.0 Å². The fourth-order valence-electron chi connectivity index (χ4n) is 3.72. The van der Waals surface area contributed by atoms with Gasteiger partial charge < -0.3 is 15.0 Å². The van der Waals surface area contributed by atoms with Gasteiger partial charge >= 0.3 is 11.1 Å². The van der Waals surface area contributed by atoms with Crippen molar-refractivity contribution in [3.8, 4) is 0 Å². The lowest BCUT2D eigenvalue weighted by Crippen LogP contribution is -2.71. The topological polar surface area (TPSA) is 164 Å². The second-order valence-electron chi connectivity index (χ2n) is 7.64. The number of amides is 2. The minimum Gasteiger partial charge on any atom is -0.609 e. The largest absolute Gasteiger partial charge is 0.609 e. The highest BCUT2D eigenvalue weighted by Crippen LogP contribution is 2.41. The molecule has 2 aromatic heterocycles. The number of aromatic amines is 1. The van der Waals surface area contributed by atoms with Gasteiger partial charge in [0.2, 0.25) is 0 Å². The number of benzene rings is 1. The number of aliphatic carboxylic acids is 1. The summed E-state index contributed by atoms with van der Waals surface area (Å²) in [4.78, 5) is 45.7. The van der Waals surface area contributed by atoms with Crippen molar-refractivity contribution in [3.05, 3.63) is 40.5 Å². The van der Waals surface area contributed by atoms with Crippen LogP contribution in [0.15, 0.2) is 45.0 Å². The number of carboxylic acids is 1. The number of aromatic nitrogens is 4. The predicted molar refractivity (Wildman–Crippen MR) is 132 cm³/mol. The average Bonchev–Trinajstić information content (AvgIpc) is 3.46. The Balaban J connectivity index is 1.23. The minimum atomic E-state index is -1.73. The maximum atomic E-state index is 12.8. The third kappa shape index (κ3) is 4.78. The molecule has 0 saturated carbocycles. The number of hydrogen-bond donors (Lipinski definition) is 3. The van der Waals surface area contributed by atoms with E-state index in [9.17, 15) is 24.0 Å². The van der Waals surface area contributed by atoms with Crippen LogP contribution in [0.2, 0.25) is 0 Å². The van der Waals surface area contributed by atoms with Crippen molar-refractivity contribution in [2.24, 2.45) is 0 Å². The summed E-state index contributed by atoms with van der Waals surface area (Å²) in [5.41, 5.74) is 1.91. The van der Waals surface area contributed by atoms with E-state index in [4.69, 9.17) is 0 Å². The number of fused-ring (bicyclic) bond motifs is 2. The number of thioether (sulfide) groups is 2. The van der Waals surface area contributed by atoms with Gasteiger partial charge in [-0.1, -0.05) is 35.2 Å². The number of imidazole rings is 1. The number of para-hydroxylation sites is 2. The summed E-state index contributed by atoms with van der Waals surface area (Å²) in [5, 5.41) is 20.8. The molecule has 4 heterocycles. The van der Waals surface area contributed by atoms with E-state index in [0.717, 1.165) is 9.35 Å². The van der Waals surface area contributed by atoms with E-state index in [-0.39, 0.29) is 16.6 Å². The lowest BCUT2D eigenvalue weighted by Gasteiger charge is -2.49. The Kier molecular flexibility index (Phi) is 6.76. The molecule has 3 aromatic rings. The normalized spacial score (nSPS) is 20.5. The lowest BCUT2D eigenvalue weighted by molar-refractivity contribution is -0.150. The zero-order valence-corrected chi connectivity index (χ0v) is 21.4. The number of H-pyrrole nitrogens is 1. The molecule has 1 fully saturated rings. The molecule has 11 nitrogen and oxygen atoms in total. The number of aryl methyl sites for hydroxylation is 1. The minimum absolute atomic E-state index is 0.0520. The summed E-state index contributed by atoms with van der Waals surface area (Å²) in [6.45, 7) is 1.84. The molecule has 0 radical (unpaired) electrons. The van der Waals surface area contributed by atoms with E-state index >= 15 is 0 Å². The van der Waals surface area contributed by atoms with Crippen LogP contribution in [0.5, 0.6) is 0 Å². The maximum absolute atomic E-state index is 12.8. The number of carboxylic acid groups (broad SMARTS) is 1. The fourth-order valence-corrected chi connectivity index (χ4v) is 7.90. The molecule has 0 bridgehead atoms. The van der Waals surface area contributed by atoms with Gasteiger partial charge in [0, 0.05) is 22.7 Å². The van der Waals surface area contributed by atoms with Crippen molar-refractivity contribution in [1.82, 2.24) is 30.4 Å². The monoisotopic (exact) mass is 550 g/mol. The van der Waals surface area contributed by atoms with Crippen LogP contribution in [-0.4, -0.2) is 81.2 Å². The van der Waals surface area contributed by atoms with Crippen LogP contribution >= 0.6 is 34.9 Å². The first-order chi connectivity index (χ1) is 16.8. The summed E-state index contributed by atoms with van der Waals surface area (Å²) in [6, 6.07) is 6.30. The standard InChI is InChI=1S/C20H18N6O5S4/c1-9-24-25-20(34-9)33-7-10-6-32-17-14(16(28)26(17)15(10)18(29)30)23-13(27)8-35(31)19-21-11-4-2-3-5-12(11)22-19/h2-5,14,17H,6-8H2,1H3,(H,21,22)(H,23,27)(H,29,30)/t14?,17-,35?/m0/s1. The number of nitrogens with one attached hydrogen (secondary N) is 2. The molecule has 1 saturated heterocycles. The van der Waals surface area contributed by atoms with Crippen LogP contribution in [0.3, 0.4) is 0 Å². The number of carbonyl (C=O) groups is 3. The zero-order chi connectivity index (χ0) is 24.7. The van der Waals surface area contributed by atoms with Crippen molar-refractivity contribution in [2.45, 2.75) is 27.8 Å². The molecule has 2 aliphatic rings. The third-order valence-electron chi connectivity index (χ3n) is 5.29. The molecule has 2 unspecified atom stereocenters. The molecule has 3 atom stereocenters. The quantitative estimate of drug-likeness (QED) is 0.212. The molecular weight excluding hydrogens is 533 g/mol. The van der Waals surface area contributed by atoms with Crippen LogP contribution in [0, 0.1) is 6.92 Å². The van der Waals surface area contributed by atoms with Gasteiger partial charge in [-0.05, 0) is 24.6 Å². The van der Waals surface area contributed by atoms with E-state index in [1.807, 2.05) is 13.0 Å². The predicted octanol–water partition coefficient (Wildman–Crippen LogP) is 1.36. The first kappa shape index (κ1) is 24.1. The number of nitrogens with zero attached hydrogens (tertiary/aromatic N) is 4. The van der Waals surface area contributed by atoms with E-state index in [0.29, 0.717) is 28.1 Å². The van der Waals surface area contributed by atoms with Crippen LogP contribution in [0.1, 0.15) is 5.01 Å². The number of hydrogen-bond acceptors (Lipinski definition) is 10. The highest BCUT2D eigenvalue weighted by atomic mass is 32.2. The van der Waals surface area contributed by atoms with Crippen LogP contribution < -0.4 is 5.32 Å². The second kappa shape index (κ2) is 9.81. The van der Waals surface area contributed by atoms with Gasteiger partial charge in [-0.25, -0.2) is 4.79 Å². The van der Waals surface area contributed by atoms with Crippen LogP contribution in [-0.2, 0) is 25.6 Å². The van der Waals surface area contributed by atoms with Crippen molar-refractivity contribution in [3.63, 3.8) is 0 Å². The highest BCUT2D eigenvalue weighted by Gasteiger charge is 2.54. The molecule has 1 aromatic carbocycles. The van der Waals surface area contributed by atoms with Crippen molar-refractivity contribution < 1.29 is 24.0 Å². The van der Waals surface area contributed by atoms with Gasteiger partial charge in [-0.2, -0.15) is 4.98 Å². The van der Waals surface area contributed by atoms with Gasteiger partial charge in [0.25, 0.3) is 11.8 Å². The maximum Gasteiger partial charge on any atom is 0.352 e. The van der Waals surface area contributed by atoms with Gasteiger partial charge in [0.15, 0.2) is 10.1 Å². The SMILES string of the molecule is Cc1nnc(SCC2=C(C(=O)O)N3C(=O)C(NC(=O)C[S+]([O-])c4nc5ccccc5[nH]4)[C@@H]3SC2)s1. The molecular formula is C20H18N6O5S4. The summed E-state index contributed by atoms with van der Waals surface area (Å²) in [7, 11) is 0. The average molecular weight is 551 g/mol. The zero-order valence-electron chi connectivity index (χ0n) is 18.1. The lowest BCUT2D eigenvalue weighted by atomic mass is 10.0. The summed E-state index contributed by atoms with van der Waals surface area (Å²) in [6.07, 6.45) is 0.